The predicted molar refractivity (Wildman–Crippen MR) is 199 cm³/mol. The van der Waals surface area contributed by atoms with E-state index in [4.69, 9.17) is 20.4 Å². The third-order valence-corrected chi connectivity index (χ3v) is 11.0. The van der Waals surface area contributed by atoms with Crippen molar-refractivity contribution >= 4 is 45.3 Å². The van der Waals surface area contributed by atoms with Crippen molar-refractivity contribution < 1.29 is 36.4 Å². The molecule has 5 rings (SSSR count). The smallest absolute Gasteiger partial charge is 0.288 e. The maximum absolute atomic E-state index is 13.9. The second kappa shape index (κ2) is 17.3. The van der Waals surface area contributed by atoms with E-state index in [1.54, 1.807) is 62.4 Å². The van der Waals surface area contributed by atoms with Gasteiger partial charge in [-0.05, 0) is 98.5 Å². The largest absolute Gasteiger partial charge is 0.451 e. The van der Waals surface area contributed by atoms with Gasteiger partial charge in [0.05, 0.1) is 4.90 Å². The highest BCUT2D eigenvalue weighted by atomic mass is 35.5. The van der Waals surface area contributed by atoms with Gasteiger partial charge in [-0.25, -0.2) is 13.1 Å². The molecule has 4 aromatic rings. The van der Waals surface area contributed by atoms with Crippen LogP contribution in [0.4, 0.5) is 0 Å². The third-order valence-electron chi connectivity index (χ3n) is 9.32. The van der Waals surface area contributed by atoms with E-state index in [9.17, 15) is 27.6 Å². The summed E-state index contributed by atoms with van der Waals surface area (Å²) in [6, 6.07) is 15.8. The van der Waals surface area contributed by atoms with Crippen molar-refractivity contribution in [3.8, 4) is 22.6 Å². The summed E-state index contributed by atoms with van der Waals surface area (Å²) in [7, 11) is -0.864. The number of hydrogen-bond donors (Lipinski definition) is 5. The fourth-order valence-corrected chi connectivity index (χ4v) is 7.16. The Balaban J connectivity index is 1.37. The number of benzene rings is 2. The molecule has 15 heteroatoms. The fourth-order valence-electron chi connectivity index (χ4n) is 6.31. The molecule has 0 radical (unpaired) electrons. The summed E-state index contributed by atoms with van der Waals surface area (Å²) >= 11 is 5.99. The number of halogens is 1. The number of carbonyl (C=O) groups excluding carboxylic acids is 4. The van der Waals surface area contributed by atoms with E-state index in [0.717, 1.165) is 37.7 Å². The van der Waals surface area contributed by atoms with Gasteiger partial charge in [0.1, 0.15) is 23.6 Å². The van der Waals surface area contributed by atoms with Crippen LogP contribution >= 0.6 is 11.6 Å². The quantitative estimate of drug-likeness (QED) is 0.115. The molecule has 2 aromatic carbocycles. The zero-order chi connectivity index (χ0) is 38.3. The topological polar surface area (TPSA) is 189 Å². The zero-order valence-corrected chi connectivity index (χ0v) is 31.5. The molecule has 13 nitrogen and oxygen atoms in total. The summed E-state index contributed by atoms with van der Waals surface area (Å²) in [6.45, 7) is 3.40. The summed E-state index contributed by atoms with van der Waals surface area (Å²) < 4.78 is 38.7. The van der Waals surface area contributed by atoms with Gasteiger partial charge < -0.3 is 30.1 Å². The summed E-state index contributed by atoms with van der Waals surface area (Å²) in [5.74, 6) is -1.85. The number of rotatable bonds is 14. The Morgan fingerprint density at radius 2 is 1.43 bits per heavy atom. The fraction of sp³-hybridized carbons (Fsp3) is 0.368. The van der Waals surface area contributed by atoms with Crippen molar-refractivity contribution in [1.82, 2.24) is 26.0 Å². The highest BCUT2D eigenvalue weighted by Gasteiger charge is 2.33. The molecule has 1 aliphatic rings. The molecular formula is C38H44ClN5O8S. The molecule has 2 aromatic heterocycles. The van der Waals surface area contributed by atoms with Crippen molar-refractivity contribution in [3.05, 3.63) is 88.8 Å². The summed E-state index contributed by atoms with van der Waals surface area (Å²) in [5.41, 5.74) is 1.51. The van der Waals surface area contributed by atoms with Crippen LogP contribution in [-0.4, -0.2) is 58.2 Å². The Kier molecular flexibility index (Phi) is 12.8. The van der Waals surface area contributed by atoms with Crippen LogP contribution in [0.1, 0.15) is 72.6 Å². The average molecular weight is 766 g/mol. The highest BCUT2D eigenvalue weighted by Crippen LogP contribution is 2.30. The second-order valence-electron chi connectivity index (χ2n) is 13.2. The number of hydrogen-bond acceptors (Lipinski definition) is 8. The van der Waals surface area contributed by atoms with Crippen LogP contribution in [0.15, 0.2) is 80.5 Å². The minimum atomic E-state index is -3.69. The van der Waals surface area contributed by atoms with Crippen LogP contribution < -0.4 is 26.0 Å². The lowest BCUT2D eigenvalue weighted by Crippen LogP contribution is -2.51. The van der Waals surface area contributed by atoms with E-state index in [-0.39, 0.29) is 46.5 Å². The summed E-state index contributed by atoms with van der Waals surface area (Å²) in [4.78, 5) is 53.7. The molecule has 0 spiro atoms. The number of furan rings is 2. The van der Waals surface area contributed by atoms with E-state index >= 15 is 0 Å². The lowest BCUT2D eigenvalue weighted by Gasteiger charge is -2.29. The molecule has 0 saturated heterocycles. The molecular weight excluding hydrogens is 722 g/mol. The molecule has 0 unspecified atom stereocenters. The number of amides is 4. The monoisotopic (exact) mass is 765 g/mol. The number of likely N-dealkylation sites (N-methyl/N-ethyl adjacent to an activating group) is 1. The van der Waals surface area contributed by atoms with Crippen molar-refractivity contribution in [2.24, 2.45) is 11.8 Å². The first-order valence-corrected chi connectivity index (χ1v) is 19.3. The van der Waals surface area contributed by atoms with Crippen molar-refractivity contribution in [2.45, 2.75) is 69.5 Å². The van der Waals surface area contributed by atoms with Gasteiger partial charge in [0, 0.05) is 35.3 Å². The molecule has 1 fully saturated rings. The van der Waals surface area contributed by atoms with Crippen molar-refractivity contribution in [2.75, 3.05) is 14.1 Å². The lowest BCUT2D eigenvalue weighted by atomic mass is 9.83. The predicted octanol–water partition coefficient (Wildman–Crippen LogP) is 5.26. The first kappa shape index (κ1) is 39.3. The van der Waals surface area contributed by atoms with Crippen LogP contribution in [0.3, 0.4) is 0 Å². The zero-order valence-electron chi connectivity index (χ0n) is 30.0. The van der Waals surface area contributed by atoms with E-state index in [0.29, 0.717) is 21.9 Å². The normalized spacial score (nSPS) is 14.7. The van der Waals surface area contributed by atoms with Crippen LogP contribution in [0.5, 0.6) is 0 Å². The van der Waals surface area contributed by atoms with E-state index in [1.807, 2.05) is 0 Å². The summed E-state index contributed by atoms with van der Waals surface area (Å²) in [5, 5.41) is 11.6. The van der Waals surface area contributed by atoms with Gasteiger partial charge in [-0.3, -0.25) is 19.2 Å². The van der Waals surface area contributed by atoms with Gasteiger partial charge in [0.15, 0.2) is 11.5 Å². The molecule has 0 bridgehead atoms. The van der Waals surface area contributed by atoms with Crippen LogP contribution in [0.25, 0.3) is 22.6 Å². The Labute approximate surface area is 313 Å². The number of sulfonamides is 1. The second-order valence-corrected chi connectivity index (χ2v) is 15.6. The van der Waals surface area contributed by atoms with Gasteiger partial charge in [0.25, 0.3) is 11.8 Å². The molecule has 5 N–H and O–H groups in total. The highest BCUT2D eigenvalue weighted by molar-refractivity contribution is 7.89. The van der Waals surface area contributed by atoms with Gasteiger partial charge in [-0.15, -0.1) is 0 Å². The SMILES string of the molecule is CNC(=O)[C@@H](NC(=O)c1oc(-c2ccc(S(=O)(=O)NC)cc2)cc1CNC(=O)[C@@H](NC(=O)c1ccc(-c2ccc(Cl)cc2)o1)C(C)C)C1CCCCC1. The molecule has 0 aliphatic heterocycles. The van der Waals surface area contributed by atoms with Crippen molar-refractivity contribution in [1.29, 1.82) is 0 Å². The minimum Gasteiger partial charge on any atom is -0.451 e. The molecule has 282 valence electrons. The first-order chi connectivity index (χ1) is 25.3. The molecule has 4 amide bonds. The Morgan fingerprint density at radius 1 is 0.792 bits per heavy atom. The molecule has 1 aliphatic carbocycles. The van der Waals surface area contributed by atoms with Crippen LogP contribution in [-0.2, 0) is 26.2 Å². The maximum atomic E-state index is 13.9. The van der Waals surface area contributed by atoms with Crippen molar-refractivity contribution in [3.63, 3.8) is 0 Å². The third kappa shape index (κ3) is 9.55. The Hall–Kier alpha value is -4.92. The number of nitrogens with one attached hydrogen (secondary N) is 5. The van der Waals surface area contributed by atoms with Gasteiger partial charge in [-0.1, -0.05) is 44.7 Å². The van der Waals surface area contributed by atoms with Gasteiger partial charge >= 0.3 is 0 Å². The van der Waals surface area contributed by atoms with Gasteiger partial charge in [0.2, 0.25) is 21.8 Å². The molecule has 1 saturated carbocycles. The summed E-state index contributed by atoms with van der Waals surface area (Å²) in [6.07, 6.45) is 4.54. The van der Waals surface area contributed by atoms with E-state index in [2.05, 4.69) is 26.0 Å². The van der Waals surface area contributed by atoms with Crippen LogP contribution in [0.2, 0.25) is 5.02 Å². The van der Waals surface area contributed by atoms with Gasteiger partial charge in [-0.2, -0.15) is 0 Å². The first-order valence-electron chi connectivity index (χ1n) is 17.4. The van der Waals surface area contributed by atoms with E-state index < -0.39 is 39.8 Å². The molecule has 53 heavy (non-hydrogen) atoms. The Morgan fingerprint density at radius 3 is 2.06 bits per heavy atom. The van der Waals surface area contributed by atoms with Crippen LogP contribution in [0, 0.1) is 11.8 Å². The maximum Gasteiger partial charge on any atom is 0.288 e. The minimum absolute atomic E-state index is 0.0176. The lowest BCUT2D eigenvalue weighted by molar-refractivity contribution is -0.124. The standard InChI is InChI=1S/C38H44ClN5O8S/c1-22(2)32(43-35(45)30-19-18-29(51-30)23-10-14-27(39)15-11-23)37(47)42-21-26-20-31(24-12-16-28(17-13-24)53(49,50)41-4)52-34(26)38(48)44-33(36(46)40-3)25-8-6-5-7-9-25/h10-20,22,25,32-33,41H,5-9,21H2,1-4H3,(H,40,46)(H,42,47)(H,43,45)(H,44,48)/t32-,33-/m0/s1. The molecule has 2 heterocycles. The average Bonchev–Trinajstić information content (AvgIpc) is 3.84. The Bertz CT molecular complexity index is 2030. The molecule has 2 atom stereocenters. The van der Waals surface area contributed by atoms with E-state index in [1.165, 1.54) is 32.3 Å². The number of carbonyl (C=O) groups is 4.